The second-order valence-electron chi connectivity index (χ2n) is 5.86. The van der Waals surface area contributed by atoms with Crippen LogP contribution >= 0.6 is 0 Å². The van der Waals surface area contributed by atoms with Crippen LogP contribution in [0.5, 0.6) is 0 Å². The zero-order valence-corrected chi connectivity index (χ0v) is 11.1. The van der Waals surface area contributed by atoms with E-state index in [1.165, 1.54) is 19.3 Å². The molecule has 3 nitrogen and oxygen atoms in total. The summed E-state index contributed by atoms with van der Waals surface area (Å²) in [5, 5.41) is 8.89. The summed E-state index contributed by atoms with van der Waals surface area (Å²) in [5.41, 5.74) is 1.92. The highest BCUT2D eigenvalue weighted by molar-refractivity contribution is 5.88. The van der Waals surface area contributed by atoms with Crippen LogP contribution in [0.15, 0.2) is 24.3 Å². The molecule has 1 aromatic carbocycles. The molecule has 0 bridgehead atoms. The number of benzene rings is 1. The summed E-state index contributed by atoms with van der Waals surface area (Å²) in [4.78, 5) is 13.2. The molecular weight excluding hydrogens is 226 g/mol. The second-order valence-corrected chi connectivity index (χ2v) is 5.86. The molecule has 0 aliphatic carbocycles. The first-order chi connectivity index (χ1) is 8.48. The number of aromatic carboxylic acids is 1. The number of carboxylic acid groups (broad SMARTS) is 1. The van der Waals surface area contributed by atoms with Crippen LogP contribution in [0.25, 0.3) is 0 Å². The molecule has 1 aliphatic heterocycles. The van der Waals surface area contributed by atoms with E-state index in [0.29, 0.717) is 11.0 Å². The van der Waals surface area contributed by atoms with Gasteiger partial charge in [0.05, 0.1) is 5.56 Å². The highest BCUT2D eigenvalue weighted by atomic mass is 16.4. The fourth-order valence-electron chi connectivity index (χ4n) is 2.50. The van der Waals surface area contributed by atoms with Gasteiger partial charge in [-0.1, -0.05) is 13.8 Å². The van der Waals surface area contributed by atoms with Crippen LogP contribution in [0.4, 0.5) is 5.69 Å². The van der Waals surface area contributed by atoms with Crippen molar-refractivity contribution in [3.8, 4) is 0 Å². The lowest BCUT2D eigenvalue weighted by molar-refractivity contribution is 0.0697. The summed E-state index contributed by atoms with van der Waals surface area (Å²) >= 11 is 0. The molecule has 1 aromatic rings. The summed E-state index contributed by atoms with van der Waals surface area (Å²) in [6.45, 7) is 6.77. The molecule has 0 amide bonds. The van der Waals surface area contributed by atoms with Crippen LogP contribution in [0.2, 0.25) is 0 Å². The van der Waals surface area contributed by atoms with Gasteiger partial charge < -0.3 is 10.0 Å². The molecule has 0 radical (unpaired) electrons. The van der Waals surface area contributed by atoms with Gasteiger partial charge in [-0.2, -0.15) is 0 Å². The number of rotatable bonds is 2. The third-order valence-electron chi connectivity index (χ3n) is 3.82. The number of carboxylic acids is 1. The first kappa shape index (κ1) is 12.9. The van der Waals surface area contributed by atoms with Crippen molar-refractivity contribution in [1.82, 2.24) is 0 Å². The molecule has 2 rings (SSSR count). The van der Waals surface area contributed by atoms with Crippen molar-refractivity contribution < 1.29 is 9.90 Å². The summed E-state index contributed by atoms with van der Waals surface area (Å²) in [6, 6.07) is 7.21. The number of nitrogens with zero attached hydrogens (tertiary/aromatic N) is 1. The van der Waals surface area contributed by atoms with Crippen molar-refractivity contribution in [2.75, 3.05) is 18.0 Å². The van der Waals surface area contributed by atoms with E-state index in [0.717, 1.165) is 18.8 Å². The molecule has 0 saturated carbocycles. The molecule has 1 saturated heterocycles. The Hall–Kier alpha value is -1.51. The SMILES string of the molecule is CC1(C)CCCN(c2ccc(C(=O)O)cc2)CC1. The number of hydrogen-bond acceptors (Lipinski definition) is 2. The van der Waals surface area contributed by atoms with Crippen molar-refractivity contribution in [3.63, 3.8) is 0 Å². The predicted molar refractivity (Wildman–Crippen MR) is 73.2 cm³/mol. The minimum Gasteiger partial charge on any atom is -0.478 e. The molecule has 1 heterocycles. The maximum absolute atomic E-state index is 10.8. The van der Waals surface area contributed by atoms with Gasteiger partial charge >= 0.3 is 5.97 Å². The predicted octanol–water partition coefficient (Wildman–Crippen LogP) is 3.40. The van der Waals surface area contributed by atoms with Crippen molar-refractivity contribution in [2.45, 2.75) is 33.1 Å². The molecule has 1 fully saturated rings. The summed E-state index contributed by atoms with van der Waals surface area (Å²) < 4.78 is 0. The standard InChI is InChI=1S/C15H21NO2/c1-15(2)8-3-10-16(11-9-15)13-6-4-12(5-7-13)14(17)18/h4-7H,3,8-11H2,1-2H3,(H,17,18). The average molecular weight is 247 g/mol. The van der Waals surface area contributed by atoms with Crippen LogP contribution in [0.1, 0.15) is 43.5 Å². The maximum Gasteiger partial charge on any atom is 0.335 e. The molecule has 1 aliphatic rings. The Morgan fingerprint density at radius 2 is 1.83 bits per heavy atom. The fourth-order valence-corrected chi connectivity index (χ4v) is 2.50. The smallest absolute Gasteiger partial charge is 0.335 e. The Bertz CT molecular complexity index is 423. The van der Waals surface area contributed by atoms with Crippen LogP contribution in [-0.4, -0.2) is 24.2 Å². The Labute approximate surface area is 108 Å². The zero-order valence-electron chi connectivity index (χ0n) is 11.1. The van der Waals surface area contributed by atoms with Gasteiger partial charge in [0.25, 0.3) is 0 Å². The van der Waals surface area contributed by atoms with Gasteiger partial charge in [0.1, 0.15) is 0 Å². The van der Waals surface area contributed by atoms with Gasteiger partial charge in [-0.25, -0.2) is 4.79 Å². The maximum atomic E-state index is 10.8. The topological polar surface area (TPSA) is 40.5 Å². The number of hydrogen-bond donors (Lipinski definition) is 1. The van der Waals surface area contributed by atoms with Crippen molar-refractivity contribution in [2.24, 2.45) is 5.41 Å². The van der Waals surface area contributed by atoms with Crippen LogP contribution in [0, 0.1) is 5.41 Å². The normalized spacial score (nSPS) is 19.3. The first-order valence-corrected chi connectivity index (χ1v) is 6.56. The Kier molecular flexibility index (Phi) is 3.60. The number of anilines is 1. The summed E-state index contributed by atoms with van der Waals surface area (Å²) in [6.07, 6.45) is 3.65. The van der Waals surface area contributed by atoms with E-state index >= 15 is 0 Å². The summed E-state index contributed by atoms with van der Waals surface area (Å²) in [7, 11) is 0. The van der Waals surface area contributed by atoms with E-state index < -0.39 is 5.97 Å². The van der Waals surface area contributed by atoms with Crippen molar-refractivity contribution in [3.05, 3.63) is 29.8 Å². The lowest BCUT2D eigenvalue weighted by atomic mass is 9.85. The highest BCUT2D eigenvalue weighted by Gasteiger charge is 2.23. The van der Waals surface area contributed by atoms with Gasteiger partial charge in [0.15, 0.2) is 0 Å². The van der Waals surface area contributed by atoms with Gasteiger partial charge in [-0.3, -0.25) is 0 Å². The van der Waals surface area contributed by atoms with E-state index in [9.17, 15) is 4.79 Å². The van der Waals surface area contributed by atoms with Crippen LogP contribution in [0.3, 0.4) is 0 Å². The van der Waals surface area contributed by atoms with E-state index in [2.05, 4.69) is 18.7 Å². The molecule has 0 atom stereocenters. The quantitative estimate of drug-likeness (QED) is 0.870. The average Bonchev–Trinajstić information content (AvgIpc) is 2.50. The fraction of sp³-hybridized carbons (Fsp3) is 0.533. The van der Waals surface area contributed by atoms with Gasteiger partial charge in [0, 0.05) is 18.8 Å². The summed E-state index contributed by atoms with van der Waals surface area (Å²) in [5.74, 6) is -0.862. The van der Waals surface area contributed by atoms with Gasteiger partial charge in [0.2, 0.25) is 0 Å². The molecule has 0 unspecified atom stereocenters. The van der Waals surface area contributed by atoms with E-state index in [4.69, 9.17) is 5.11 Å². The van der Waals surface area contributed by atoms with Crippen molar-refractivity contribution >= 4 is 11.7 Å². The van der Waals surface area contributed by atoms with Crippen LogP contribution in [-0.2, 0) is 0 Å². The lowest BCUT2D eigenvalue weighted by Crippen LogP contribution is -2.24. The van der Waals surface area contributed by atoms with Crippen molar-refractivity contribution in [1.29, 1.82) is 0 Å². The Balaban J connectivity index is 2.09. The first-order valence-electron chi connectivity index (χ1n) is 6.56. The highest BCUT2D eigenvalue weighted by Crippen LogP contribution is 2.31. The van der Waals surface area contributed by atoms with Gasteiger partial charge in [-0.15, -0.1) is 0 Å². The lowest BCUT2D eigenvalue weighted by Gasteiger charge is -2.25. The Morgan fingerprint density at radius 1 is 1.17 bits per heavy atom. The third-order valence-corrected chi connectivity index (χ3v) is 3.82. The molecule has 18 heavy (non-hydrogen) atoms. The Morgan fingerprint density at radius 3 is 2.44 bits per heavy atom. The molecule has 98 valence electrons. The van der Waals surface area contributed by atoms with E-state index in [-0.39, 0.29) is 0 Å². The molecular formula is C15H21NO2. The van der Waals surface area contributed by atoms with Gasteiger partial charge in [-0.05, 0) is 48.9 Å². The van der Waals surface area contributed by atoms with E-state index in [1.54, 1.807) is 12.1 Å². The number of carbonyl (C=O) groups is 1. The molecule has 3 heteroatoms. The molecule has 1 N–H and O–H groups in total. The molecule has 0 aromatic heterocycles. The van der Waals surface area contributed by atoms with Crippen LogP contribution < -0.4 is 4.90 Å². The molecule has 0 spiro atoms. The monoisotopic (exact) mass is 247 g/mol. The minimum absolute atomic E-state index is 0.355. The van der Waals surface area contributed by atoms with E-state index in [1.807, 2.05) is 12.1 Å². The second kappa shape index (κ2) is 5.01. The third kappa shape index (κ3) is 3.03. The largest absolute Gasteiger partial charge is 0.478 e. The minimum atomic E-state index is -0.862. The zero-order chi connectivity index (χ0) is 13.2.